The molecule has 4 rings (SSSR count). The average molecular weight is 531 g/mol. The van der Waals surface area contributed by atoms with Crippen LogP contribution in [0.1, 0.15) is 48.2 Å². The number of aryl methyl sites for hydroxylation is 1. The molecule has 0 amide bonds. The van der Waals surface area contributed by atoms with Crippen LogP contribution < -0.4 is 11.3 Å². The van der Waals surface area contributed by atoms with E-state index in [2.05, 4.69) is 9.98 Å². The van der Waals surface area contributed by atoms with Crippen molar-refractivity contribution in [1.82, 2.24) is 9.55 Å². The number of benzene rings is 1. The minimum absolute atomic E-state index is 0.0942. The van der Waals surface area contributed by atoms with Crippen molar-refractivity contribution in [3.63, 3.8) is 0 Å². The first-order valence-electron chi connectivity index (χ1n) is 11.4. The molecule has 10 heteroatoms. The van der Waals surface area contributed by atoms with E-state index in [1.807, 2.05) is 6.92 Å². The Hall–Kier alpha value is -3.72. The predicted molar refractivity (Wildman–Crippen MR) is 137 cm³/mol. The van der Waals surface area contributed by atoms with Crippen molar-refractivity contribution in [2.75, 3.05) is 5.73 Å². The summed E-state index contributed by atoms with van der Waals surface area (Å²) in [6.07, 6.45) is 4.64. The smallest absolute Gasteiger partial charge is 0.273 e. The molecule has 37 heavy (non-hydrogen) atoms. The third-order valence-electron chi connectivity index (χ3n) is 6.40. The van der Waals surface area contributed by atoms with Gasteiger partial charge in [-0.05, 0) is 49.4 Å². The van der Waals surface area contributed by atoms with Gasteiger partial charge < -0.3 is 5.73 Å². The summed E-state index contributed by atoms with van der Waals surface area (Å²) in [6, 6.07) is 6.49. The Labute approximate surface area is 215 Å². The molecule has 2 heterocycles. The molecule has 1 saturated carbocycles. The molecule has 0 bridgehead atoms. The molecule has 192 valence electrons. The summed E-state index contributed by atoms with van der Waals surface area (Å²) in [6.45, 7) is 5.08. The summed E-state index contributed by atoms with van der Waals surface area (Å²) in [5.74, 6) is -4.24. The van der Waals surface area contributed by atoms with Gasteiger partial charge in [0.25, 0.3) is 5.56 Å². The number of aliphatic imine (C=N–C) groups is 1. The second-order valence-electron chi connectivity index (χ2n) is 8.81. The molecule has 3 atom stereocenters. The standard InChI is InChI=1S/C27H23ClF4N4O/c1-4-8-34-25(16-6-5-7-20(33)24(16)32)19(31)12-36-13(2)9-17(23(28)27(36)37)21-14(3)22(21)26-18(30)10-15(29)11-35-26/h4-12,14,21-22H,33H2,1-3H3/b8-4+,19-12-,34-25+/t14-,21?,22?/m0/s1. The minimum atomic E-state index is -0.994. The van der Waals surface area contributed by atoms with E-state index in [1.165, 1.54) is 30.5 Å². The number of hydrogen-bond acceptors (Lipinski definition) is 4. The van der Waals surface area contributed by atoms with Crippen LogP contribution in [0, 0.1) is 30.3 Å². The second-order valence-corrected chi connectivity index (χ2v) is 9.19. The predicted octanol–water partition coefficient (Wildman–Crippen LogP) is 6.51. The summed E-state index contributed by atoms with van der Waals surface area (Å²) in [7, 11) is 0. The van der Waals surface area contributed by atoms with E-state index >= 15 is 4.39 Å². The fourth-order valence-corrected chi connectivity index (χ4v) is 4.77. The van der Waals surface area contributed by atoms with Gasteiger partial charge in [0.2, 0.25) is 0 Å². The van der Waals surface area contributed by atoms with Gasteiger partial charge in [-0.2, -0.15) is 0 Å². The monoisotopic (exact) mass is 530 g/mol. The Morgan fingerprint density at radius 1 is 1.22 bits per heavy atom. The topological polar surface area (TPSA) is 73.3 Å². The van der Waals surface area contributed by atoms with E-state index in [1.54, 1.807) is 19.9 Å². The Bertz CT molecular complexity index is 1530. The molecule has 0 radical (unpaired) electrons. The van der Waals surface area contributed by atoms with Crippen molar-refractivity contribution < 1.29 is 17.6 Å². The zero-order chi connectivity index (χ0) is 27.0. The summed E-state index contributed by atoms with van der Waals surface area (Å²) in [5.41, 5.74) is 5.09. The Morgan fingerprint density at radius 2 is 1.95 bits per heavy atom. The van der Waals surface area contributed by atoms with Crippen LogP contribution >= 0.6 is 11.6 Å². The summed E-state index contributed by atoms with van der Waals surface area (Å²) in [4.78, 5) is 21.1. The van der Waals surface area contributed by atoms with Crippen molar-refractivity contribution in [2.24, 2.45) is 10.9 Å². The molecule has 1 aliphatic rings. The third-order valence-corrected chi connectivity index (χ3v) is 6.78. The van der Waals surface area contributed by atoms with Gasteiger partial charge in [0, 0.05) is 29.4 Å². The van der Waals surface area contributed by atoms with Gasteiger partial charge in [-0.1, -0.05) is 30.7 Å². The molecular formula is C27H23ClF4N4O. The zero-order valence-electron chi connectivity index (χ0n) is 20.1. The molecule has 0 saturated heterocycles. The quantitative estimate of drug-likeness (QED) is 0.224. The number of rotatable bonds is 6. The lowest BCUT2D eigenvalue weighted by Gasteiger charge is -2.12. The van der Waals surface area contributed by atoms with Crippen molar-refractivity contribution in [1.29, 1.82) is 0 Å². The highest BCUT2D eigenvalue weighted by molar-refractivity contribution is 6.31. The first-order chi connectivity index (χ1) is 17.6. The van der Waals surface area contributed by atoms with Crippen molar-refractivity contribution in [3.05, 3.63) is 110 Å². The van der Waals surface area contributed by atoms with Gasteiger partial charge in [0.05, 0.1) is 23.8 Å². The molecule has 1 aliphatic carbocycles. The number of aromatic nitrogens is 2. The maximum Gasteiger partial charge on any atom is 0.273 e. The molecule has 3 aromatic rings. The number of allylic oxidation sites excluding steroid dienone is 2. The van der Waals surface area contributed by atoms with E-state index < -0.39 is 34.8 Å². The van der Waals surface area contributed by atoms with E-state index in [0.717, 1.165) is 23.0 Å². The first-order valence-corrected chi connectivity index (χ1v) is 11.8. The molecule has 5 nitrogen and oxygen atoms in total. The van der Waals surface area contributed by atoms with Crippen molar-refractivity contribution >= 4 is 29.2 Å². The van der Waals surface area contributed by atoms with Gasteiger partial charge in [0.1, 0.15) is 22.4 Å². The molecule has 2 aromatic heterocycles. The number of nitrogens with zero attached hydrogens (tertiary/aromatic N) is 3. The second kappa shape index (κ2) is 10.3. The van der Waals surface area contributed by atoms with Gasteiger partial charge in [-0.3, -0.25) is 19.3 Å². The lowest BCUT2D eigenvalue weighted by atomic mass is 10.1. The molecule has 1 fully saturated rings. The van der Waals surface area contributed by atoms with Crippen molar-refractivity contribution in [3.8, 4) is 0 Å². The lowest BCUT2D eigenvalue weighted by Crippen LogP contribution is -2.21. The van der Waals surface area contributed by atoms with E-state index in [4.69, 9.17) is 17.3 Å². The fourth-order valence-electron chi connectivity index (χ4n) is 4.50. The minimum Gasteiger partial charge on any atom is -0.396 e. The van der Waals surface area contributed by atoms with Crippen LogP contribution in [0.15, 0.2) is 64.4 Å². The third kappa shape index (κ3) is 4.96. The van der Waals surface area contributed by atoms with Crippen LogP contribution in [0.5, 0.6) is 0 Å². The molecule has 1 aromatic carbocycles. The molecule has 2 N–H and O–H groups in total. The maximum atomic E-state index is 15.5. The number of nitrogen functional groups attached to an aromatic ring is 1. The van der Waals surface area contributed by atoms with E-state index in [9.17, 15) is 18.0 Å². The SMILES string of the molecule is C/C=C/N=C(/C(F)=C/n1c(C)cc(C2C(c3ncc(F)cc3F)[C@H]2C)c(Cl)c1=O)c1cccc(N)c1F. The highest BCUT2D eigenvalue weighted by Gasteiger charge is 2.51. The van der Waals surface area contributed by atoms with Gasteiger partial charge in [-0.15, -0.1) is 0 Å². The normalized spacial score (nSPS) is 20.1. The van der Waals surface area contributed by atoms with Crippen LogP contribution in [0.4, 0.5) is 23.2 Å². The van der Waals surface area contributed by atoms with Crippen LogP contribution in [0.2, 0.25) is 5.02 Å². The van der Waals surface area contributed by atoms with Crippen LogP contribution in [0.25, 0.3) is 6.20 Å². The maximum absolute atomic E-state index is 15.5. The fraction of sp³-hybridized carbons (Fsp3) is 0.222. The Balaban J connectivity index is 1.75. The highest BCUT2D eigenvalue weighted by Crippen LogP contribution is 2.61. The Morgan fingerprint density at radius 3 is 2.62 bits per heavy atom. The molecule has 0 aliphatic heterocycles. The highest BCUT2D eigenvalue weighted by atomic mass is 35.5. The first kappa shape index (κ1) is 26.3. The van der Waals surface area contributed by atoms with Crippen molar-refractivity contribution in [2.45, 2.75) is 32.6 Å². The number of hydrogen-bond donors (Lipinski definition) is 1. The molecular weight excluding hydrogens is 508 g/mol. The van der Waals surface area contributed by atoms with Crippen LogP contribution in [-0.4, -0.2) is 15.3 Å². The number of anilines is 1. The summed E-state index contributed by atoms with van der Waals surface area (Å²) in [5, 5.41) is -0.168. The van der Waals surface area contributed by atoms with Gasteiger partial charge in [-0.25, -0.2) is 17.6 Å². The summed E-state index contributed by atoms with van der Waals surface area (Å²) < 4.78 is 58.7. The van der Waals surface area contributed by atoms with E-state index in [-0.39, 0.29) is 39.5 Å². The zero-order valence-corrected chi connectivity index (χ0v) is 20.9. The van der Waals surface area contributed by atoms with Gasteiger partial charge >= 0.3 is 0 Å². The number of halogens is 5. The van der Waals surface area contributed by atoms with Crippen LogP contribution in [-0.2, 0) is 0 Å². The number of pyridine rings is 2. The largest absolute Gasteiger partial charge is 0.396 e. The Kier molecular flexibility index (Phi) is 7.36. The van der Waals surface area contributed by atoms with E-state index in [0.29, 0.717) is 11.3 Å². The van der Waals surface area contributed by atoms with Gasteiger partial charge in [0.15, 0.2) is 11.6 Å². The number of nitrogens with two attached hydrogens (primary N) is 1. The van der Waals surface area contributed by atoms with Crippen LogP contribution in [0.3, 0.4) is 0 Å². The lowest BCUT2D eigenvalue weighted by molar-refractivity contribution is 0.555. The molecule has 2 unspecified atom stereocenters. The summed E-state index contributed by atoms with van der Waals surface area (Å²) >= 11 is 6.42. The average Bonchev–Trinajstić information content (AvgIpc) is 3.51. The molecule has 0 spiro atoms.